The van der Waals surface area contributed by atoms with Gasteiger partial charge in [-0.1, -0.05) is 22.8 Å². The SMILES string of the molecule is CCn1cc(NC(=O)C2CC(c3c(F)cccc3Cl)=NO2)cn1. The molecule has 3 rings (SSSR count). The van der Waals surface area contributed by atoms with Crippen LogP contribution in [0, 0.1) is 5.82 Å². The van der Waals surface area contributed by atoms with Crippen LogP contribution in [0.3, 0.4) is 0 Å². The van der Waals surface area contributed by atoms with Crippen LogP contribution in [0.25, 0.3) is 0 Å². The normalized spacial score (nSPS) is 16.8. The molecule has 0 aliphatic carbocycles. The van der Waals surface area contributed by atoms with E-state index in [1.54, 1.807) is 23.1 Å². The number of aromatic nitrogens is 2. The van der Waals surface area contributed by atoms with Gasteiger partial charge in [-0.15, -0.1) is 0 Å². The maximum atomic E-state index is 13.9. The van der Waals surface area contributed by atoms with E-state index in [1.807, 2.05) is 6.92 Å². The lowest BCUT2D eigenvalue weighted by Crippen LogP contribution is -2.28. The summed E-state index contributed by atoms with van der Waals surface area (Å²) in [5.74, 6) is -0.864. The molecule has 6 nitrogen and oxygen atoms in total. The summed E-state index contributed by atoms with van der Waals surface area (Å²) in [6.45, 7) is 2.64. The molecule has 0 radical (unpaired) electrons. The van der Waals surface area contributed by atoms with Gasteiger partial charge in [0.15, 0.2) is 0 Å². The highest BCUT2D eigenvalue weighted by Gasteiger charge is 2.31. The average molecular weight is 337 g/mol. The second-order valence-corrected chi connectivity index (χ2v) is 5.41. The van der Waals surface area contributed by atoms with Gasteiger partial charge in [0.25, 0.3) is 5.91 Å². The number of carbonyl (C=O) groups excluding carboxylic acids is 1. The summed E-state index contributed by atoms with van der Waals surface area (Å²) in [7, 11) is 0. The number of aryl methyl sites for hydroxylation is 1. The molecular weight excluding hydrogens is 323 g/mol. The van der Waals surface area contributed by atoms with E-state index >= 15 is 0 Å². The third kappa shape index (κ3) is 3.19. The second kappa shape index (κ2) is 6.37. The second-order valence-electron chi connectivity index (χ2n) is 5.01. The van der Waals surface area contributed by atoms with Gasteiger partial charge in [0.05, 0.1) is 28.2 Å². The molecule has 1 aliphatic rings. The fraction of sp³-hybridized carbons (Fsp3) is 0.267. The van der Waals surface area contributed by atoms with Gasteiger partial charge < -0.3 is 10.2 Å². The van der Waals surface area contributed by atoms with Crippen LogP contribution >= 0.6 is 11.6 Å². The van der Waals surface area contributed by atoms with Crippen molar-refractivity contribution in [1.82, 2.24) is 9.78 Å². The Hall–Kier alpha value is -2.41. The highest BCUT2D eigenvalue weighted by atomic mass is 35.5. The molecule has 0 bridgehead atoms. The molecular formula is C15H14ClFN4O2. The summed E-state index contributed by atoms with van der Waals surface area (Å²) in [6.07, 6.45) is 2.58. The number of benzene rings is 1. The van der Waals surface area contributed by atoms with Gasteiger partial charge in [0.2, 0.25) is 6.10 Å². The molecule has 1 atom stereocenters. The minimum absolute atomic E-state index is 0.147. The average Bonchev–Trinajstić information content (AvgIpc) is 3.16. The van der Waals surface area contributed by atoms with E-state index in [0.29, 0.717) is 17.9 Å². The molecule has 1 unspecified atom stereocenters. The van der Waals surface area contributed by atoms with Crippen LogP contribution in [0.1, 0.15) is 18.9 Å². The standard InChI is InChI=1S/C15H14ClFN4O2/c1-2-21-8-9(7-18-21)19-15(22)13-6-12(20-23-13)14-10(16)4-3-5-11(14)17/h3-5,7-8,13H,2,6H2,1H3,(H,19,22). The number of nitrogens with zero attached hydrogens (tertiary/aromatic N) is 3. The molecule has 1 N–H and O–H groups in total. The van der Waals surface area contributed by atoms with Crippen molar-refractivity contribution in [3.8, 4) is 0 Å². The van der Waals surface area contributed by atoms with E-state index in [-0.39, 0.29) is 22.9 Å². The third-order valence-electron chi connectivity index (χ3n) is 3.44. The highest BCUT2D eigenvalue weighted by molar-refractivity contribution is 6.34. The molecule has 8 heteroatoms. The first kappa shape index (κ1) is 15.5. The van der Waals surface area contributed by atoms with Gasteiger partial charge in [0, 0.05) is 19.2 Å². The van der Waals surface area contributed by atoms with Crippen LogP contribution in [0.2, 0.25) is 5.02 Å². The van der Waals surface area contributed by atoms with Crippen molar-refractivity contribution in [3.05, 3.63) is 47.0 Å². The molecule has 0 fully saturated rings. The van der Waals surface area contributed by atoms with Crippen molar-refractivity contribution in [2.24, 2.45) is 5.16 Å². The number of amides is 1. The molecule has 0 saturated heterocycles. The third-order valence-corrected chi connectivity index (χ3v) is 3.75. The topological polar surface area (TPSA) is 68.5 Å². The van der Waals surface area contributed by atoms with E-state index in [1.165, 1.54) is 12.1 Å². The summed E-state index contributed by atoms with van der Waals surface area (Å²) >= 11 is 6.00. The summed E-state index contributed by atoms with van der Waals surface area (Å²) in [6, 6.07) is 4.36. The number of carbonyl (C=O) groups is 1. The molecule has 2 aromatic rings. The Bertz CT molecular complexity index is 754. The molecule has 0 spiro atoms. The number of anilines is 1. The number of nitrogens with one attached hydrogen (secondary N) is 1. The maximum absolute atomic E-state index is 13.9. The van der Waals surface area contributed by atoms with E-state index in [2.05, 4.69) is 15.6 Å². The van der Waals surface area contributed by atoms with Crippen LogP contribution in [0.5, 0.6) is 0 Å². The van der Waals surface area contributed by atoms with Crippen molar-refractivity contribution in [3.63, 3.8) is 0 Å². The lowest BCUT2D eigenvalue weighted by molar-refractivity contribution is -0.125. The molecule has 1 amide bonds. The Morgan fingerprint density at radius 2 is 2.39 bits per heavy atom. The zero-order chi connectivity index (χ0) is 16.4. The number of hydrogen-bond acceptors (Lipinski definition) is 4. The molecule has 1 aromatic heterocycles. The van der Waals surface area contributed by atoms with Gasteiger partial charge in [-0.05, 0) is 19.1 Å². The highest BCUT2D eigenvalue weighted by Crippen LogP contribution is 2.26. The lowest BCUT2D eigenvalue weighted by Gasteiger charge is -2.08. The van der Waals surface area contributed by atoms with Crippen molar-refractivity contribution in [1.29, 1.82) is 0 Å². The predicted molar refractivity (Wildman–Crippen MR) is 84.0 cm³/mol. The van der Waals surface area contributed by atoms with Gasteiger partial charge >= 0.3 is 0 Å². The molecule has 1 aliphatic heterocycles. The fourth-order valence-electron chi connectivity index (χ4n) is 2.26. The van der Waals surface area contributed by atoms with Gasteiger partial charge in [0.1, 0.15) is 5.82 Å². The summed E-state index contributed by atoms with van der Waals surface area (Å²) in [5.41, 5.74) is 1.05. The van der Waals surface area contributed by atoms with Crippen LogP contribution in [0.15, 0.2) is 35.7 Å². The van der Waals surface area contributed by atoms with Crippen LogP contribution in [0.4, 0.5) is 10.1 Å². The Kier molecular flexibility index (Phi) is 4.29. The Balaban J connectivity index is 1.68. The van der Waals surface area contributed by atoms with Crippen LogP contribution < -0.4 is 5.32 Å². The predicted octanol–water partition coefficient (Wildman–Crippen LogP) is 2.83. The van der Waals surface area contributed by atoms with Gasteiger partial charge in [-0.2, -0.15) is 5.10 Å². The zero-order valence-electron chi connectivity index (χ0n) is 12.3. The summed E-state index contributed by atoms with van der Waals surface area (Å²) < 4.78 is 15.6. The quantitative estimate of drug-likeness (QED) is 0.933. The lowest BCUT2D eigenvalue weighted by atomic mass is 10.0. The zero-order valence-corrected chi connectivity index (χ0v) is 13.0. The number of rotatable bonds is 4. The summed E-state index contributed by atoms with van der Waals surface area (Å²) in [5, 5.41) is 10.8. The van der Waals surface area contributed by atoms with Crippen molar-refractivity contribution in [2.45, 2.75) is 26.0 Å². The number of halogens is 2. The van der Waals surface area contributed by atoms with Crippen molar-refractivity contribution in [2.75, 3.05) is 5.32 Å². The molecule has 23 heavy (non-hydrogen) atoms. The van der Waals surface area contributed by atoms with Crippen LogP contribution in [-0.2, 0) is 16.2 Å². The van der Waals surface area contributed by atoms with Crippen molar-refractivity contribution < 1.29 is 14.0 Å². The smallest absolute Gasteiger partial charge is 0.268 e. The van der Waals surface area contributed by atoms with E-state index < -0.39 is 11.9 Å². The minimum Gasteiger partial charge on any atom is -0.382 e. The molecule has 120 valence electrons. The van der Waals surface area contributed by atoms with E-state index in [0.717, 1.165) is 0 Å². The van der Waals surface area contributed by atoms with Crippen LogP contribution in [-0.4, -0.2) is 27.5 Å². The molecule has 1 aromatic carbocycles. The van der Waals surface area contributed by atoms with E-state index in [4.69, 9.17) is 16.4 Å². The van der Waals surface area contributed by atoms with E-state index in [9.17, 15) is 9.18 Å². The molecule has 2 heterocycles. The maximum Gasteiger partial charge on any atom is 0.268 e. The largest absolute Gasteiger partial charge is 0.382 e. The first-order valence-electron chi connectivity index (χ1n) is 7.09. The fourth-order valence-corrected chi connectivity index (χ4v) is 2.54. The van der Waals surface area contributed by atoms with Crippen molar-refractivity contribution >= 4 is 28.9 Å². The number of oxime groups is 1. The Labute approximate surface area is 136 Å². The molecule has 0 saturated carbocycles. The Morgan fingerprint density at radius 1 is 1.57 bits per heavy atom. The minimum atomic E-state index is -0.828. The number of hydrogen-bond donors (Lipinski definition) is 1. The Morgan fingerprint density at radius 3 is 3.09 bits per heavy atom. The first-order valence-corrected chi connectivity index (χ1v) is 7.46. The summed E-state index contributed by atoms with van der Waals surface area (Å²) in [4.78, 5) is 17.3. The first-order chi connectivity index (χ1) is 11.1. The van der Waals surface area contributed by atoms with Gasteiger partial charge in [-0.25, -0.2) is 4.39 Å². The van der Waals surface area contributed by atoms with Gasteiger partial charge in [-0.3, -0.25) is 9.48 Å². The monoisotopic (exact) mass is 336 g/mol.